The van der Waals surface area contributed by atoms with Gasteiger partial charge in [0.25, 0.3) is 0 Å². The van der Waals surface area contributed by atoms with Crippen LogP contribution in [0.15, 0.2) is 30.3 Å². The number of fused-ring (bicyclic) bond motifs is 1. The molecule has 2 aromatic rings. The number of hydrogen-bond donors (Lipinski definition) is 1. The Balaban J connectivity index is 2.06. The second kappa shape index (κ2) is 5.92. The summed E-state index contributed by atoms with van der Waals surface area (Å²) in [6.45, 7) is 1.84. The van der Waals surface area contributed by atoms with Crippen LogP contribution in [0.25, 0.3) is 0 Å². The first-order valence-electron chi connectivity index (χ1n) is 6.95. The van der Waals surface area contributed by atoms with Gasteiger partial charge in [-0.1, -0.05) is 30.3 Å². The molecule has 0 fully saturated rings. The average Bonchev–Trinajstić information content (AvgIpc) is 2.67. The lowest BCUT2D eigenvalue weighted by Gasteiger charge is -2.18. The SMILES string of the molecule is Cc1nn(Cc2ccccc2)c2c1C(C(F)(F)F)SCC(=O)N2. The van der Waals surface area contributed by atoms with Gasteiger partial charge in [-0.15, -0.1) is 11.8 Å². The average molecular weight is 341 g/mol. The van der Waals surface area contributed by atoms with E-state index >= 15 is 0 Å². The van der Waals surface area contributed by atoms with E-state index in [1.54, 1.807) is 0 Å². The third-order valence-electron chi connectivity index (χ3n) is 3.55. The molecule has 23 heavy (non-hydrogen) atoms. The van der Waals surface area contributed by atoms with Crippen LogP contribution in [0.1, 0.15) is 22.1 Å². The topological polar surface area (TPSA) is 46.9 Å². The third kappa shape index (κ3) is 3.21. The van der Waals surface area contributed by atoms with Crippen molar-refractivity contribution in [3.63, 3.8) is 0 Å². The summed E-state index contributed by atoms with van der Waals surface area (Å²) >= 11 is 0.585. The number of aromatic nitrogens is 2. The zero-order chi connectivity index (χ0) is 16.6. The zero-order valence-corrected chi connectivity index (χ0v) is 13.0. The van der Waals surface area contributed by atoms with E-state index < -0.39 is 17.3 Å². The van der Waals surface area contributed by atoms with Crippen LogP contribution in [0.3, 0.4) is 0 Å². The predicted molar refractivity (Wildman–Crippen MR) is 82.4 cm³/mol. The maximum Gasteiger partial charge on any atom is 0.404 e. The minimum atomic E-state index is -4.43. The monoisotopic (exact) mass is 341 g/mol. The fourth-order valence-electron chi connectivity index (χ4n) is 2.58. The van der Waals surface area contributed by atoms with Crippen molar-refractivity contribution in [2.24, 2.45) is 0 Å². The first kappa shape index (κ1) is 15.9. The summed E-state index contributed by atoms with van der Waals surface area (Å²) in [4.78, 5) is 11.8. The fraction of sp³-hybridized carbons (Fsp3) is 0.333. The van der Waals surface area contributed by atoms with Crippen LogP contribution in [0.4, 0.5) is 19.0 Å². The Hall–Kier alpha value is -1.96. The molecule has 3 rings (SSSR count). The van der Waals surface area contributed by atoms with Crippen molar-refractivity contribution < 1.29 is 18.0 Å². The second-order valence-corrected chi connectivity index (χ2v) is 6.37. The molecule has 4 nitrogen and oxygen atoms in total. The number of halogens is 3. The van der Waals surface area contributed by atoms with E-state index in [4.69, 9.17) is 0 Å². The molecule has 0 radical (unpaired) electrons. The quantitative estimate of drug-likeness (QED) is 0.909. The second-order valence-electron chi connectivity index (χ2n) is 5.27. The van der Waals surface area contributed by atoms with E-state index in [1.165, 1.54) is 11.6 Å². The first-order chi connectivity index (χ1) is 10.9. The molecule has 8 heteroatoms. The lowest BCUT2D eigenvalue weighted by molar-refractivity contribution is -0.129. The van der Waals surface area contributed by atoms with E-state index in [-0.39, 0.29) is 22.8 Å². The van der Waals surface area contributed by atoms with Gasteiger partial charge in [-0.3, -0.25) is 4.79 Å². The largest absolute Gasteiger partial charge is 0.404 e. The van der Waals surface area contributed by atoms with Gasteiger partial charge in [-0.05, 0) is 12.5 Å². The Bertz CT molecular complexity index is 728. The van der Waals surface area contributed by atoms with E-state index in [9.17, 15) is 18.0 Å². The highest BCUT2D eigenvalue weighted by atomic mass is 32.2. The molecule has 0 bridgehead atoms. The van der Waals surface area contributed by atoms with E-state index in [0.29, 0.717) is 18.3 Å². The fourth-order valence-corrected chi connectivity index (χ4v) is 3.61. The van der Waals surface area contributed by atoms with Crippen molar-refractivity contribution in [1.29, 1.82) is 0 Å². The van der Waals surface area contributed by atoms with E-state index in [1.807, 2.05) is 30.3 Å². The molecule has 1 N–H and O–H groups in total. The van der Waals surface area contributed by atoms with Crippen LogP contribution in [-0.2, 0) is 11.3 Å². The van der Waals surface area contributed by atoms with Crippen molar-refractivity contribution in [2.75, 3.05) is 11.1 Å². The molecule has 0 saturated heterocycles. The number of alkyl halides is 3. The predicted octanol–water partition coefficient (Wildman–Crippen LogP) is 3.53. The highest BCUT2D eigenvalue weighted by Crippen LogP contribution is 2.48. The minimum Gasteiger partial charge on any atom is -0.310 e. The van der Waals surface area contributed by atoms with Gasteiger partial charge in [0, 0.05) is 5.56 Å². The van der Waals surface area contributed by atoms with Gasteiger partial charge in [0.15, 0.2) is 0 Å². The highest BCUT2D eigenvalue weighted by Gasteiger charge is 2.46. The Morgan fingerprint density at radius 3 is 2.70 bits per heavy atom. The van der Waals surface area contributed by atoms with Gasteiger partial charge in [-0.2, -0.15) is 18.3 Å². The number of carbonyl (C=O) groups excluding carboxylic acids is 1. The summed E-state index contributed by atoms with van der Waals surface area (Å²) < 4.78 is 41.5. The van der Waals surface area contributed by atoms with E-state index in [2.05, 4.69) is 10.4 Å². The standard InChI is InChI=1S/C15H14F3N3OS/c1-9-12-13(15(16,17)18)23-8-11(22)19-14(12)21(20-9)7-10-5-3-2-4-6-10/h2-6,13H,7-8H2,1H3,(H,19,22). The molecule has 0 aliphatic carbocycles. The molecule has 122 valence electrons. The van der Waals surface area contributed by atoms with E-state index in [0.717, 1.165) is 5.56 Å². The highest BCUT2D eigenvalue weighted by molar-refractivity contribution is 8.00. The summed E-state index contributed by atoms with van der Waals surface area (Å²) in [5.74, 6) is -0.537. The van der Waals surface area contributed by atoms with Gasteiger partial charge in [0.2, 0.25) is 5.91 Å². The molecule has 0 spiro atoms. The van der Waals surface area contributed by atoms with Gasteiger partial charge in [-0.25, -0.2) is 4.68 Å². The molecule has 2 heterocycles. The van der Waals surface area contributed by atoms with Crippen molar-refractivity contribution in [3.8, 4) is 0 Å². The number of nitrogens with one attached hydrogen (secondary N) is 1. The number of anilines is 1. The molecule has 1 aromatic carbocycles. The minimum absolute atomic E-state index is 0.0456. The van der Waals surface area contributed by atoms with Crippen molar-refractivity contribution in [1.82, 2.24) is 9.78 Å². The Labute approximate surface area is 135 Å². The molecule has 1 aliphatic heterocycles. The first-order valence-corrected chi connectivity index (χ1v) is 8.00. The molecule has 1 unspecified atom stereocenters. The summed E-state index contributed by atoms with van der Waals surface area (Å²) in [5, 5.41) is 5.04. The number of hydrogen-bond acceptors (Lipinski definition) is 3. The molecule has 1 amide bonds. The lowest BCUT2D eigenvalue weighted by atomic mass is 10.1. The molecular formula is C15H14F3N3OS. The molecule has 0 saturated carbocycles. The molecule has 1 aromatic heterocycles. The smallest absolute Gasteiger partial charge is 0.310 e. The lowest BCUT2D eigenvalue weighted by Crippen LogP contribution is -2.18. The summed E-state index contributed by atoms with van der Waals surface area (Å²) in [7, 11) is 0. The van der Waals surface area contributed by atoms with Crippen LogP contribution >= 0.6 is 11.8 Å². The van der Waals surface area contributed by atoms with Gasteiger partial charge < -0.3 is 5.32 Å². The van der Waals surface area contributed by atoms with Crippen LogP contribution < -0.4 is 5.32 Å². The number of carbonyl (C=O) groups is 1. The van der Waals surface area contributed by atoms with Gasteiger partial charge in [0.05, 0.1) is 18.0 Å². The number of benzene rings is 1. The van der Waals surface area contributed by atoms with Gasteiger partial charge >= 0.3 is 6.18 Å². The molecule has 1 atom stereocenters. The number of aryl methyl sites for hydroxylation is 1. The number of thioether (sulfide) groups is 1. The molecule has 1 aliphatic rings. The Morgan fingerprint density at radius 1 is 1.35 bits per heavy atom. The number of rotatable bonds is 2. The number of nitrogens with zero attached hydrogens (tertiary/aromatic N) is 2. The van der Waals surface area contributed by atoms with Crippen molar-refractivity contribution in [2.45, 2.75) is 24.9 Å². The van der Waals surface area contributed by atoms with Crippen LogP contribution in [0, 0.1) is 6.92 Å². The summed E-state index contributed by atoms with van der Waals surface area (Å²) in [6.07, 6.45) is -4.43. The van der Waals surface area contributed by atoms with Crippen molar-refractivity contribution >= 4 is 23.5 Å². The maximum absolute atomic E-state index is 13.3. The van der Waals surface area contributed by atoms with Gasteiger partial charge in [0.1, 0.15) is 11.1 Å². The van der Waals surface area contributed by atoms with Crippen LogP contribution in [0.2, 0.25) is 0 Å². The summed E-state index contributed by atoms with van der Waals surface area (Å²) in [6, 6.07) is 9.26. The maximum atomic E-state index is 13.3. The Kier molecular flexibility index (Phi) is 4.09. The zero-order valence-electron chi connectivity index (χ0n) is 12.2. The number of amides is 1. The third-order valence-corrected chi connectivity index (χ3v) is 4.81. The van der Waals surface area contributed by atoms with Crippen LogP contribution in [0.5, 0.6) is 0 Å². The summed E-state index contributed by atoms with van der Waals surface area (Å²) in [5.41, 5.74) is 1.23. The van der Waals surface area contributed by atoms with Crippen LogP contribution in [-0.4, -0.2) is 27.6 Å². The molecular weight excluding hydrogens is 327 g/mol. The normalized spacial score (nSPS) is 18.3. The Morgan fingerprint density at radius 2 is 2.04 bits per heavy atom. The van der Waals surface area contributed by atoms with Crippen molar-refractivity contribution in [3.05, 3.63) is 47.2 Å².